The number of ether oxygens (including phenoxy) is 1. The van der Waals surface area contributed by atoms with E-state index in [1.165, 1.54) is 17.8 Å². The Morgan fingerprint density at radius 2 is 2.00 bits per heavy atom. The Morgan fingerprint density at radius 3 is 2.83 bits per heavy atom. The number of nitrogens with zero attached hydrogens (tertiary/aromatic N) is 5. The molecule has 0 saturated carbocycles. The van der Waals surface area contributed by atoms with Crippen molar-refractivity contribution < 1.29 is 18.7 Å². The van der Waals surface area contributed by atoms with Crippen LogP contribution in [0.3, 0.4) is 0 Å². The molecule has 1 unspecified atom stereocenters. The first kappa shape index (κ1) is 28.0. The molecule has 1 aliphatic heterocycles. The first-order chi connectivity index (χ1) is 19.4. The van der Waals surface area contributed by atoms with Crippen LogP contribution in [0.25, 0.3) is 22.1 Å². The fraction of sp³-hybridized carbons (Fsp3) is 0.433. The van der Waals surface area contributed by atoms with Gasteiger partial charge in [-0.15, -0.1) is 10.2 Å². The average Bonchev–Trinajstić information content (AvgIpc) is 3.25. The number of carbonyl (C=O) groups excluding carboxylic acids is 2. The second-order valence-corrected chi connectivity index (χ2v) is 11.3. The quantitative estimate of drug-likeness (QED) is 0.142. The highest BCUT2D eigenvalue weighted by Gasteiger charge is 2.29. The Bertz CT molecular complexity index is 1520. The van der Waals surface area contributed by atoms with Gasteiger partial charge in [-0.3, -0.25) is 9.59 Å². The van der Waals surface area contributed by atoms with E-state index in [4.69, 9.17) is 9.72 Å². The smallest absolute Gasteiger partial charge is 0.310 e. The van der Waals surface area contributed by atoms with Gasteiger partial charge in [0.1, 0.15) is 11.3 Å². The van der Waals surface area contributed by atoms with Gasteiger partial charge in [0.15, 0.2) is 5.65 Å². The Labute approximate surface area is 237 Å². The number of carbonyl (C=O) groups is 2. The fourth-order valence-electron chi connectivity index (χ4n) is 5.23. The molecule has 1 aliphatic rings. The molecule has 10 heteroatoms. The van der Waals surface area contributed by atoms with Crippen LogP contribution in [0.1, 0.15) is 50.2 Å². The number of thioether (sulfide) groups is 1. The normalized spacial score (nSPS) is 15.6. The summed E-state index contributed by atoms with van der Waals surface area (Å²) >= 11 is 1.51. The van der Waals surface area contributed by atoms with E-state index in [2.05, 4.69) is 16.3 Å². The number of piperidine rings is 1. The van der Waals surface area contributed by atoms with Crippen molar-refractivity contribution >= 4 is 45.7 Å². The summed E-state index contributed by atoms with van der Waals surface area (Å²) in [7, 11) is 0. The van der Waals surface area contributed by atoms with Crippen LogP contribution in [0.15, 0.2) is 47.6 Å². The molecule has 0 radical (unpaired) electrons. The predicted octanol–water partition coefficient (Wildman–Crippen LogP) is 5.54. The molecule has 2 aromatic carbocycles. The number of halogens is 1. The van der Waals surface area contributed by atoms with E-state index in [0.717, 1.165) is 47.9 Å². The average molecular weight is 564 g/mol. The predicted molar refractivity (Wildman–Crippen MR) is 154 cm³/mol. The maximum absolute atomic E-state index is 14.5. The van der Waals surface area contributed by atoms with Crippen LogP contribution in [0.2, 0.25) is 0 Å². The number of amides is 1. The van der Waals surface area contributed by atoms with Crippen LogP contribution in [-0.2, 0) is 20.9 Å². The lowest BCUT2D eigenvalue weighted by Crippen LogP contribution is -2.42. The SMILES string of the molecule is CCOC(=O)C1CCCN(C(=O)CCCCSc2nnc3c4cc(C)ccc4n(Cc4ccccc4F)c3n2)C1. The van der Waals surface area contributed by atoms with Crippen molar-refractivity contribution in [2.75, 3.05) is 25.4 Å². The minimum atomic E-state index is -0.253. The Hall–Kier alpha value is -3.53. The number of aryl methyl sites for hydroxylation is 1. The Morgan fingerprint density at radius 1 is 1.15 bits per heavy atom. The minimum Gasteiger partial charge on any atom is -0.466 e. The van der Waals surface area contributed by atoms with Gasteiger partial charge in [0.25, 0.3) is 0 Å². The topological polar surface area (TPSA) is 90.2 Å². The molecule has 1 saturated heterocycles. The highest BCUT2D eigenvalue weighted by Crippen LogP contribution is 2.29. The summed E-state index contributed by atoms with van der Waals surface area (Å²) in [6.45, 7) is 5.68. The van der Waals surface area contributed by atoms with E-state index in [0.29, 0.717) is 54.5 Å². The van der Waals surface area contributed by atoms with Crippen molar-refractivity contribution in [3.8, 4) is 0 Å². The lowest BCUT2D eigenvalue weighted by molar-refractivity contribution is -0.151. The summed E-state index contributed by atoms with van der Waals surface area (Å²) in [6, 6.07) is 12.9. The summed E-state index contributed by atoms with van der Waals surface area (Å²) in [4.78, 5) is 31.4. The second-order valence-electron chi connectivity index (χ2n) is 10.2. The third-order valence-electron chi connectivity index (χ3n) is 7.30. The van der Waals surface area contributed by atoms with Crippen LogP contribution in [-0.4, -0.2) is 62.0 Å². The number of esters is 1. The molecule has 40 heavy (non-hydrogen) atoms. The van der Waals surface area contributed by atoms with Gasteiger partial charge in [-0.1, -0.05) is 41.6 Å². The molecule has 0 spiro atoms. The van der Waals surface area contributed by atoms with E-state index < -0.39 is 0 Å². The fourth-order valence-corrected chi connectivity index (χ4v) is 6.01. The summed E-state index contributed by atoms with van der Waals surface area (Å²) in [6.07, 6.45) is 3.62. The van der Waals surface area contributed by atoms with Crippen LogP contribution >= 0.6 is 11.8 Å². The second kappa shape index (κ2) is 12.8. The number of fused-ring (bicyclic) bond motifs is 3. The van der Waals surface area contributed by atoms with Gasteiger partial charge in [-0.2, -0.15) is 0 Å². The van der Waals surface area contributed by atoms with Crippen molar-refractivity contribution in [3.63, 3.8) is 0 Å². The first-order valence-corrected chi connectivity index (χ1v) is 14.9. The van der Waals surface area contributed by atoms with Crippen LogP contribution in [0, 0.1) is 18.7 Å². The minimum absolute atomic E-state index is 0.0892. The van der Waals surface area contributed by atoms with E-state index in [-0.39, 0.29) is 23.6 Å². The summed E-state index contributed by atoms with van der Waals surface area (Å²) < 4.78 is 21.7. The molecule has 0 aliphatic carbocycles. The number of likely N-dealkylation sites (tertiary alicyclic amines) is 1. The third-order valence-corrected chi connectivity index (χ3v) is 8.22. The number of hydrogen-bond acceptors (Lipinski definition) is 7. The maximum Gasteiger partial charge on any atom is 0.310 e. The largest absolute Gasteiger partial charge is 0.466 e. The molecule has 1 atom stereocenters. The van der Waals surface area contributed by atoms with E-state index in [1.807, 2.05) is 29.7 Å². The molecule has 1 amide bonds. The van der Waals surface area contributed by atoms with Crippen molar-refractivity contribution in [1.29, 1.82) is 0 Å². The van der Waals surface area contributed by atoms with Gasteiger partial charge in [-0.25, -0.2) is 9.37 Å². The zero-order valence-electron chi connectivity index (χ0n) is 22.9. The molecule has 8 nitrogen and oxygen atoms in total. The van der Waals surface area contributed by atoms with Gasteiger partial charge in [0.05, 0.1) is 24.6 Å². The Kier molecular flexibility index (Phi) is 8.94. The van der Waals surface area contributed by atoms with E-state index in [1.54, 1.807) is 24.0 Å². The highest BCUT2D eigenvalue weighted by molar-refractivity contribution is 7.99. The van der Waals surface area contributed by atoms with Gasteiger partial charge in [0.2, 0.25) is 11.1 Å². The molecule has 0 N–H and O–H groups in total. The molecule has 5 rings (SSSR count). The van der Waals surface area contributed by atoms with Gasteiger partial charge < -0.3 is 14.2 Å². The first-order valence-electron chi connectivity index (χ1n) is 13.9. The van der Waals surface area contributed by atoms with Gasteiger partial charge >= 0.3 is 5.97 Å². The van der Waals surface area contributed by atoms with Crippen LogP contribution < -0.4 is 0 Å². The van der Waals surface area contributed by atoms with Gasteiger partial charge in [0, 0.05) is 36.2 Å². The van der Waals surface area contributed by atoms with Crippen LogP contribution in [0.4, 0.5) is 4.39 Å². The molecule has 3 heterocycles. The maximum atomic E-state index is 14.5. The lowest BCUT2D eigenvalue weighted by Gasteiger charge is -2.31. The summed E-state index contributed by atoms with van der Waals surface area (Å²) in [5.41, 5.74) is 4.01. The molecule has 0 bridgehead atoms. The van der Waals surface area contributed by atoms with Crippen molar-refractivity contribution in [3.05, 3.63) is 59.4 Å². The standard InChI is InChI=1S/C30H34FN5O3S/c1-3-39-29(38)22-10-8-15-35(18-22)26(37)12-6-7-16-40-30-32-28-27(33-34-30)23-17-20(2)13-14-25(23)36(28)19-21-9-4-5-11-24(21)31/h4-5,9,11,13-14,17,22H,3,6-8,10,12,15-16,18-19H2,1-2H3. The molecule has 4 aromatic rings. The van der Waals surface area contributed by atoms with E-state index in [9.17, 15) is 14.0 Å². The zero-order chi connectivity index (χ0) is 28.1. The van der Waals surface area contributed by atoms with Crippen molar-refractivity contribution in [2.24, 2.45) is 5.92 Å². The summed E-state index contributed by atoms with van der Waals surface area (Å²) in [5.74, 6) is 0.164. The number of hydrogen-bond donors (Lipinski definition) is 0. The highest BCUT2D eigenvalue weighted by atomic mass is 32.2. The van der Waals surface area contributed by atoms with Crippen molar-refractivity contribution in [2.45, 2.75) is 57.7 Å². The van der Waals surface area contributed by atoms with Crippen molar-refractivity contribution in [1.82, 2.24) is 24.6 Å². The number of unbranched alkanes of at least 4 members (excludes halogenated alkanes) is 1. The monoisotopic (exact) mass is 563 g/mol. The number of benzene rings is 2. The van der Waals surface area contributed by atoms with E-state index >= 15 is 0 Å². The molecule has 210 valence electrons. The third kappa shape index (κ3) is 6.27. The number of rotatable bonds is 10. The lowest BCUT2D eigenvalue weighted by atomic mass is 9.98. The molecule has 1 fully saturated rings. The van der Waals surface area contributed by atoms with Gasteiger partial charge in [-0.05, 0) is 57.7 Å². The molecular weight excluding hydrogens is 529 g/mol. The zero-order valence-corrected chi connectivity index (χ0v) is 23.8. The number of aromatic nitrogens is 4. The molecule has 2 aromatic heterocycles. The van der Waals surface area contributed by atoms with Crippen LogP contribution in [0.5, 0.6) is 0 Å². The Balaban J connectivity index is 1.21. The summed E-state index contributed by atoms with van der Waals surface area (Å²) in [5, 5.41) is 10.4. The molecular formula is C30H34FN5O3S.